The number of benzene rings is 3. The second-order valence-electron chi connectivity index (χ2n) is 7.70. The molecule has 0 radical (unpaired) electrons. The molecule has 3 aromatic carbocycles. The van der Waals surface area contributed by atoms with Crippen LogP contribution in [-0.4, -0.2) is 29.3 Å². The fourth-order valence-electron chi connectivity index (χ4n) is 3.67. The Morgan fingerprint density at radius 3 is 2.24 bits per heavy atom. The van der Waals surface area contributed by atoms with Crippen LogP contribution in [0.3, 0.4) is 0 Å². The minimum absolute atomic E-state index is 0.0266. The van der Waals surface area contributed by atoms with E-state index in [0.29, 0.717) is 23.1 Å². The van der Waals surface area contributed by atoms with Crippen molar-refractivity contribution in [1.29, 1.82) is 5.26 Å². The summed E-state index contributed by atoms with van der Waals surface area (Å²) in [6, 6.07) is 21.0. The summed E-state index contributed by atoms with van der Waals surface area (Å²) in [5, 5.41) is 9.37. The van der Waals surface area contributed by atoms with Crippen molar-refractivity contribution < 1.29 is 23.5 Å². The molecular formula is C26H19FN2O4. The molecule has 6 nitrogen and oxygen atoms in total. The average Bonchev–Trinajstić information content (AvgIpc) is 3.08. The highest BCUT2D eigenvalue weighted by Gasteiger charge is 2.35. The summed E-state index contributed by atoms with van der Waals surface area (Å²) >= 11 is 0. The minimum Gasteiger partial charge on any atom is -0.461 e. The molecule has 3 aromatic rings. The van der Waals surface area contributed by atoms with E-state index in [1.165, 1.54) is 12.1 Å². The van der Waals surface area contributed by atoms with Gasteiger partial charge in [-0.2, -0.15) is 5.26 Å². The van der Waals surface area contributed by atoms with Gasteiger partial charge in [0.25, 0.3) is 11.8 Å². The largest absolute Gasteiger partial charge is 0.461 e. The van der Waals surface area contributed by atoms with Crippen LogP contribution in [0.2, 0.25) is 0 Å². The normalized spacial score (nSPS) is 13.4. The molecule has 1 aliphatic rings. The number of esters is 1. The number of hydrogen-bond donors (Lipinski definition) is 0. The van der Waals surface area contributed by atoms with E-state index in [-0.39, 0.29) is 36.3 Å². The molecule has 0 bridgehead atoms. The second kappa shape index (κ2) is 9.45. The van der Waals surface area contributed by atoms with Gasteiger partial charge in [-0.1, -0.05) is 36.4 Å². The van der Waals surface area contributed by atoms with E-state index in [4.69, 9.17) is 4.74 Å². The van der Waals surface area contributed by atoms with Gasteiger partial charge >= 0.3 is 5.97 Å². The zero-order chi connectivity index (χ0) is 23.4. The van der Waals surface area contributed by atoms with Crippen molar-refractivity contribution >= 4 is 17.8 Å². The Morgan fingerprint density at radius 2 is 1.61 bits per heavy atom. The van der Waals surface area contributed by atoms with E-state index in [2.05, 4.69) is 6.07 Å². The molecule has 0 saturated carbocycles. The summed E-state index contributed by atoms with van der Waals surface area (Å²) in [5.41, 5.74) is 2.34. The molecule has 4 rings (SSSR count). The maximum Gasteiger partial charge on any atom is 0.338 e. The number of nitriles is 1. The number of amides is 2. The van der Waals surface area contributed by atoms with Gasteiger partial charge in [-0.3, -0.25) is 14.5 Å². The molecule has 0 aromatic heterocycles. The van der Waals surface area contributed by atoms with Gasteiger partial charge in [0, 0.05) is 0 Å². The average molecular weight is 442 g/mol. The quantitative estimate of drug-likeness (QED) is 0.405. The molecule has 0 spiro atoms. The van der Waals surface area contributed by atoms with Crippen LogP contribution >= 0.6 is 0 Å². The van der Waals surface area contributed by atoms with Gasteiger partial charge < -0.3 is 4.74 Å². The lowest BCUT2D eigenvalue weighted by Crippen LogP contribution is -2.29. The number of carbonyl (C=O) groups excluding carboxylic acids is 3. The second-order valence-corrected chi connectivity index (χ2v) is 7.70. The first-order valence-corrected chi connectivity index (χ1v) is 10.3. The van der Waals surface area contributed by atoms with Crippen molar-refractivity contribution in [3.63, 3.8) is 0 Å². The number of carbonyl (C=O) groups is 3. The Balaban J connectivity index is 1.39. The molecule has 2 amide bonds. The standard InChI is InChI=1S/C26H19FN2O4/c27-21-10-8-17(9-11-21)12-19(14-28)16-33-26(32)20-5-3-4-18(13-20)15-29-24(30)22-6-1-2-7-23(22)25(29)31/h1-11,13,19H,12,15-16H2/t19-/m1/s1. The zero-order valence-corrected chi connectivity index (χ0v) is 17.5. The molecule has 1 aliphatic heterocycles. The van der Waals surface area contributed by atoms with Gasteiger partial charge in [-0.25, -0.2) is 9.18 Å². The summed E-state index contributed by atoms with van der Waals surface area (Å²) in [7, 11) is 0. The third-order valence-corrected chi connectivity index (χ3v) is 5.38. The Kier molecular flexibility index (Phi) is 6.27. The molecular weight excluding hydrogens is 423 g/mol. The summed E-state index contributed by atoms with van der Waals surface area (Å²) in [6.07, 6.45) is 0.323. The fourth-order valence-corrected chi connectivity index (χ4v) is 3.67. The fraction of sp³-hybridized carbons (Fsp3) is 0.154. The Bertz CT molecular complexity index is 1230. The molecule has 33 heavy (non-hydrogen) atoms. The number of ether oxygens (including phenoxy) is 1. The topological polar surface area (TPSA) is 87.5 Å². The summed E-state index contributed by atoms with van der Waals surface area (Å²) in [5.74, 6) is -2.30. The third kappa shape index (κ3) is 4.80. The van der Waals surface area contributed by atoms with Crippen LogP contribution in [0.25, 0.3) is 0 Å². The van der Waals surface area contributed by atoms with Gasteiger partial charge in [0.1, 0.15) is 12.4 Å². The SMILES string of the molecule is N#C[C@H](COC(=O)c1cccc(CN2C(=O)c3ccccc3C2=O)c1)Cc1ccc(F)cc1. The number of rotatable bonds is 7. The lowest BCUT2D eigenvalue weighted by molar-refractivity contribution is 0.0467. The molecule has 0 N–H and O–H groups in total. The van der Waals surface area contributed by atoms with Crippen molar-refractivity contribution in [2.75, 3.05) is 6.61 Å². The van der Waals surface area contributed by atoms with E-state index in [1.54, 1.807) is 60.7 Å². The van der Waals surface area contributed by atoms with Crippen LogP contribution in [0.1, 0.15) is 42.2 Å². The van der Waals surface area contributed by atoms with Crippen LogP contribution in [0.4, 0.5) is 4.39 Å². The van der Waals surface area contributed by atoms with Gasteiger partial charge in [0.05, 0.1) is 35.2 Å². The van der Waals surface area contributed by atoms with E-state index < -0.39 is 11.9 Å². The first-order chi connectivity index (χ1) is 16.0. The van der Waals surface area contributed by atoms with Crippen LogP contribution in [0.15, 0.2) is 72.8 Å². The Morgan fingerprint density at radius 1 is 0.939 bits per heavy atom. The lowest BCUT2D eigenvalue weighted by Gasteiger charge is -2.15. The number of nitrogens with zero attached hydrogens (tertiary/aromatic N) is 2. The minimum atomic E-state index is -0.612. The Labute approximate surface area is 189 Å². The van der Waals surface area contributed by atoms with Crippen LogP contribution in [-0.2, 0) is 17.7 Å². The van der Waals surface area contributed by atoms with Gasteiger partial charge in [-0.05, 0) is 53.9 Å². The highest BCUT2D eigenvalue weighted by atomic mass is 19.1. The van der Waals surface area contributed by atoms with E-state index in [1.807, 2.05) is 0 Å². The number of halogens is 1. The molecule has 1 heterocycles. The lowest BCUT2D eigenvalue weighted by atomic mass is 10.0. The molecule has 164 valence electrons. The Hall–Kier alpha value is -4.31. The summed E-state index contributed by atoms with van der Waals surface area (Å²) in [6.45, 7) is -0.0891. The number of hydrogen-bond acceptors (Lipinski definition) is 5. The first kappa shape index (κ1) is 21.9. The number of imide groups is 1. The summed E-state index contributed by atoms with van der Waals surface area (Å²) < 4.78 is 18.4. The third-order valence-electron chi connectivity index (χ3n) is 5.38. The zero-order valence-electron chi connectivity index (χ0n) is 17.5. The number of fused-ring (bicyclic) bond motifs is 1. The van der Waals surface area contributed by atoms with Gasteiger partial charge in [-0.15, -0.1) is 0 Å². The molecule has 0 saturated heterocycles. The van der Waals surface area contributed by atoms with Gasteiger partial charge in [0.15, 0.2) is 0 Å². The highest BCUT2D eigenvalue weighted by molar-refractivity contribution is 6.21. The van der Waals surface area contributed by atoms with E-state index >= 15 is 0 Å². The molecule has 0 fully saturated rings. The molecule has 0 aliphatic carbocycles. The smallest absolute Gasteiger partial charge is 0.338 e. The predicted molar refractivity (Wildman–Crippen MR) is 117 cm³/mol. The molecule has 0 unspecified atom stereocenters. The van der Waals surface area contributed by atoms with E-state index in [0.717, 1.165) is 10.5 Å². The van der Waals surface area contributed by atoms with Gasteiger partial charge in [0.2, 0.25) is 0 Å². The maximum absolute atomic E-state index is 13.0. The van der Waals surface area contributed by atoms with Crippen molar-refractivity contribution in [1.82, 2.24) is 4.90 Å². The van der Waals surface area contributed by atoms with Crippen LogP contribution in [0, 0.1) is 23.1 Å². The van der Waals surface area contributed by atoms with Crippen molar-refractivity contribution in [2.24, 2.45) is 5.92 Å². The van der Waals surface area contributed by atoms with Crippen molar-refractivity contribution in [3.05, 3.63) is 106 Å². The summed E-state index contributed by atoms with van der Waals surface area (Å²) in [4.78, 5) is 38.8. The van der Waals surface area contributed by atoms with Crippen LogP contribution < -0.4 is 0 Å². The monoisotopic (exact) mass is 442 g/mol. The maximum atomic E-state index is 13.0. The first-order valence-electron chi connectivity index (χ1n) is 10.3. The highest BCUT2D eigenvalue weighted by Crippen LogP contribution is 2.24. The molecule has 1 atom stereocenters. The van der Waals surface area contributed by atoms with E-state index in [9.17, 15) is 24.0 Å². The van der Waals surface area contributed by atoms with Crippen molar-refractivity contribution in [2.45, 2.75) is 13.0 Å². The van der Waals surface area contributed by atoms with Crippen LogP contribution in [0.5, 0.6) is 0 Å². The predicted octanol–water partition coefficient (Wildman–Crippen LogP) is 4.16. The molecule has 7 heteroatoms. The van der Waals surface area contributed by atoms with Crippen molar-refractivity contribution in [3.8, 4) is 6.07 Å².